The quantitative estimate of drug-likeness (QED) is 0.492. The van der Waals surface area contributed by atoms with Crippen LogP contribution in [0.4, 0.5) is 5.69 Å². The predicted octanol–water partition coefficient (Wildman–Crippen LogP) is 0.461. The van der Waals surface area contributed by atoms with Gasteiger partial charge < -0.3 is 10.2 Å². The van der Waals surface area contributed by atoms with E-state index in [1.807, 2.05) is 0 Å². The van der Waals surface area contributed by atoms with E-state index in [4.69, 9.17) is 11.6 Å². The van der Waals surface area contributed by atoms with Gasteiger partial charge in [0.2, 0.25) is 11.1 Å². The highest BCUT2D eigenvalue weighted by atomic mass is 35.5. The van der Waals surface area contributed by atoms with Crippen molar-refractivity contribution in [1.82, 2.24) is 15.2 Å². The first-order valence-electron chi connectivity index (χ1n) is 5.11. The number of likely N-dealkylation sites (N-methyl/N-ethyl adjacent to an activating group) is 1. The minimum atomic E-state index is -0.794. The second-order valence-corrected chi connectivity index (χ2v) is 4.08. The van der Waals surface area contributed by atoms with Crippen LogP contribution >= 0.6 is 11.6 Å². The first-order valence-corrected chi connectivity index (χ1v) is 5.49. The number of aromatic nitrogens is 1. The number of rotatable bonds is 4. The van der Waals surface area contributed by atoms with Gasteiger partial charge in [-0.1, -0.05) is 11.6 Å². The Hall–Kier alpha value is -2.22. The van der Waals surface area contributed by atoms with E-state index < -0.39 is 16.5 Å². The number of carbonyl (C=O) groups is 2. The third-order valence-electron chi connectivity index (χ3n) is 2.21. The van der Waals surface area contributed by atoms with Crippen molar-refractivity contribution < 1.29 is 14.5 Å². The normalized spacial score (nSPS) is 9.84. The lowest BCUT2D eigenvalue weighted by Crippen LogP contribution is -2.36. The van der Waals surface area contributed by atoms with E-state index in [0.717, 1.165) is 0 Å². The standard InChI is InChI=1S/C10H11ClN4O4/c1-14(2)7(16)5-13-10(17)6-3-4-12-9(11)8(6)15(18)19/h3-4H,5H2,1-2H3,(H,13,17). The molecule has 0 bridgehead atoms. The minimum Gasteiger partial charge on any atom is -0.347 e. The maximum absolute atomic E-state index is 11.8. The van der Waals surface area contributed by atoms with Gasteiger partial charge in [-0.3, -0.25) is 19.7 Å². The topological polar surface area (TPSA) is 105 Å². The second-order valence-electron chi connectivity index (χ2n) is 3.73. The van der Waals surface area contributed by atoms with Crippen LogP contribution in [0.1, 0.15) is 10.4 Å². The smallest absolute Gasteiger partial charge is 0.319 e. The number of nitrogens with one attached hydrogen (secondary N) is 1. The fourth-order valence-corrected chi connectivity index (χ4v) is 1.42. The van der Waals surface area contributed by atoms with E-state index in [2.05, 4.69) is 10.3 Å². The maximum atomic E-state index is 11.8. The summed E-state index contributed by atoms with van der Waals surface area (Å²) in [5.74, 6) is -1.10. The van der Waals surface area contributed by atoms with E-state index in [1.165, 1.54) is 31.3 Å². The van der Waals surface area contributed by atoms with Gasteiger partial charge in [-0.15, -0.1) is 0 Å². The van der Waals surface area contributed by atoms with E-state index in [1.54, 1.807) is 0 Å². The summed E-state index contributed by atoms with van der Waals surface area (Å²) in [6.07, 6.45) is 1.18. The van der Waals surface area contributed by atoms with Gasteiger partial charge in [-0.2, -0.15) is 0 Å². The largest absolute Gasteiger partial charge is 0.347 e. The van der Waals surface area contributed by atoms with E-state index in [9.17, 15) is 19.7 Å². The van der Waals surface area contributed by atoms with Gasteiger partial charge in [0.15, 0.2) is 0 Å². The molecular formula is C10H11ClN4O4. The van der Waals surface area contributed by atoms with Crippen LogP contribution in [-0.4, -0.2) is 47.3 Å². The highest BCUT2D eigenvalue weighted by Crippen LogP contribution is 2.25. The summed E-state index contributed by atoms with van der Waals surface area (Å²) in [7, 11) is 3.06. The summed E-state index contributed by atoms with van der Waals surface area (Å²) in [5.41, 5.74) is -0.824. The lowest BCUT2D eigenvalue weighted by atomic mass is 10.2. The van der Waals surface area contributed by atoms with Crippen LogP contribution in [0, 0.1) is 10.1 Å². The van der Waals surface area contributed by atoms with Crippen molar-refractivity contribution in [2.24, 2.45) is 0 Å². The number of nitrogens with zero attached hydrogens (tertiary/aromatic N) is 3. The number of halogens is 1. The summed E-state index contributed by atoms with van der Waals surface area (Å²) in [5, 5.41) is 12.7. The lowest BCUT2D eigenvalue weighted by molar-refractivity contribution is -0.385. The van der Waals surface area contributed by atoms with Crippen LogP contribution in [-0.2, 0) is 4.79 Å². The maximum Gasteiger partial charge on any atom is 0.319 e. The molecule has 1 heterocycles. The molecule has 0 fully saturated rings. The Morgan fingerprint density at radius 1 is 1.53 bits per heavy atom. The van der Waals surface area contributed by atoms with Gasteiger partial charge in [0.25, 0.3) is 5.91 Å². The molecule has 0 aromatic carbocycles. The minimum absolute atomic E-state index is 0.239. The van der Waals surface area contributed by atoms with Crippen LogP contribution in [0.15, 0.2) is 12.3 Å². The summed E-state index contributed by atoms with van der Waals surface area (Å²) in [6.45, 7) is -0.261. The van der Waals surface area contributed by atoms with E-state index >= 15 is 0 Å². The number of hydrogen-bond donors (Lipinski definition) is 1. The molecule has 0 atom stereocenters. The Balaban J connectivity index is 2.92. The molecule has 0 saturated carbocycles. The molecule has 0 spiro atoms. The summed E-state index contributed by atoms with van der Waals surface area (Å²) >= 11 is 5.57. The molecule has 0 aliphatic heterocycles. The number of pyridine rings is 1. The van der Waals surface area contributed by atoms with Gasteiger partial charge in [0, 0.05) is 20.3 Å². The number of carbonyl (C=O) groups excluding carboxylic acids is 2. The fraction of sp³-hybridized carbons (Fsp3) is 0.300. The van der Waals surface area contributed by atoms with E-state index in [0.29, 0.717) is 0 Å². The fourth-order valence-electron chi connectivity index (χ4n) is 1.19. The van der Waals surface area contributed by atoms with Crippen molar-refractivity contribution in [3.8, 4) is 0 Å². The zero-order chi connectivity index (χ0) is 14.6. The van der Waals surface area contributed by atoms with Gasteiger partial charge in [0.1, 0.15) is 5.56 Å². The molecule has 0 saturated heterocycles. The third kappa shape index (κ3) is 3.62. The van der Waals surface area contributed by atoms with Crippen LogP contribution < -0.4 is 5.32 Å². The van der Waals surface area contributed by atoms with Gasteiger partial charge >= 0.3 is 5.69 Å². The molecule has 1 rings (SSSR count). The molecule has 8 nitrogen and oxygen atoms in total. The molecular weight excluding hydrogens is 276 g/mol. The van der Waals surface area contributed by atoms with Crippen LogP contribution in [0.2, 0.25) is 5.15 Å². The van der Waals surface area contributed by atoms with Crippen molar-refractivity contribution >= 4 is 29.1 Å². The zero-order valence-corrected chi connectivity index (χ0v) is 11.0. The first-order chi connectivity index (χ1) is 8.84. The Kier molecular flexibility index (Phi) is 4.76. The van der Waals surface area contributed by atoms with Crippen molar-refractivity contribution in [1.29, 1.82) is 0 Å². The molecule has 0 aliphatic rings. The number of hydrogen-bond acceptors (Lipinski definition) is 5. The average Bonchev–Trinajstić information content (AvgIpc) is 2.34. The molecule has 1 aromatic rings. The predicted molar refractivity (Wildman–Crippen MR) is 66.9 cm³/mol. The van der Waals surface area contributed by atoms with Crippen molar-refractivity contribution in [3.05, 3.63) is 33.1 Å². The zero-order valence-electron chi connectivity index (χ0n) is 10.2. The molecule has 0 unspecified atom stereocenters. The summed E-state index contributed by atoms with van der Waals surface area (Å²) in [4.78, 5) is 37.9. The molecule has 0 radical (unpaired) electrons. The van der Waals surface area contributed by atoms with Gasteiger partial charge in [0.05, 0.1) is 11.5 Å². The SMILES string of the molecule is CN(C)C(=O)CNC(=O)c1ccnc(Cl)c1[N+](=O)[O-]. The highest BCUT2D eigenvalue weighted by molar-refractivity contribution is 6.32. The van der Waals surface area contributed by atoms with Crippen molar-refractivity contribution in [3.63, 3.8) is 0 Å². The van der Waals surface area contributed by atoms with Crippen molar-refractivity contribution in [2.75, 3.05) is 20.6 Å². The third-order valence-corrected chi connectivity index (χ3v) is 2.48. The van der Waals surface area contributed by atoms with Crippen molar-refractivity contribution in [2.45, 2.75) is 0 Å². The van der Waals surface area contributed by atoms with E-state index in [-0.39, 0.29) is 23.2 Å². The summed E-state index contributed by atoms with van der Waals surface area (Å²) < 4.78 is 0. The van der Waals surface area contributed by atoms with Crippen LogP contribution in [0.5, 0.6) is 0 Å². The van der Waals surface area contributed by atoms with Gasteiger partial charge in [-0.25, -0.2) is 4.98 Å². The molecule has 102 valence electrons. The number of amides is 2. The molecule has 1 aromatic heterocycles. The number of nitro groups is 1. The molecule has 1 N–H and O–H groups in total. The molecule has 19 heavy (non-hydrogen) atoms. The van der Waals surface area contributed by atoms with Crippen LogP contribution in [0.25, 0.3) is 0 Å². The summed E-state index contributed by atoms with van der Waals surface area (Å²) in [6, 6.07) is 1.17. The lowest BCUT2D eigenvalue weighted by Gasteiger charge is -2.11. The Labute approximate surface area is 113 Å². The first kappa shape index (κ1) is 14.8. The Morgan fingerprint density at radius 3 is 2.68 bits per heavy atom. The second kappa shape index (κ2) is 6.10. The Morgan fingerprint density at radius 2 is 2.16 bits per heavy atom. The average molecular weight is 287 g/mol. The van der Waals surface area contributed by atoms with Crippen LogP contribution in [0.3, 0.4) is 0 Å². The monoisotopic (exact) mass is 286 g/mol. The highest BCUT2D eigenvalue weighted by Gasteiger charge is 2.25. The van der Waals surface area contributed by atoms with Gasteiger partial charge in [-0.05, 0) is 6.07 Å². The molecule has 2 amide bonds. The molecule has 0 aliphatic carbocycles. The molecule has 9 heteroatoms. The Bertz CT molecular complexity index is 532.